The molecule has 1 fully saturated rings. The van der Waals surface area contributed by atoms with Gasteiger partial charge in [0, 0.05) is 12.6 Å². The molecule has 0 unspecified atom stereocenters. The predicted molar refractivity (Wildman–Crippen MR) is 115 cm³/mol. The average molecular weight is 379 g/mol. The minimum Gasteiger partial charge on any atom is -0.478 e. The van der Waals surface area contributed by atoms with E-state index in [0.717, 1.165) is 29.4 Å². The zero-order valence-electron chi connectivity index (χ0n) is 16.0. The Bertz CT molecular complexity index is 1210. The molecule has 5 rings (SSSR count). The summed E-state index contributed by atoms with van der Waals surface area (Å²) in [4.78, 5) is 16.3. The summed E-state index contributed by atoms with van der Waals surface area (Å²) < 4.78 is 0. The lowest BCUT2D eigenvalue weighted by atomic mass is 9.97. The van der Waals surface area contributed by atoms with Gasteiger partial charge in [0.05, 0.1) is 11.3 Å². The van der Waals surface area contributed by atoms with Crippen LogP contribution in [0.1, 0.15) is 45.9 Å². The van der Waals surface area contributed by atoms with Crippen LogP contribution < -0.4 is 0 Å². The maximum absolute atomic E-state index is 11.8. The quantitative estimate of drug-likeness (QED) is 0.458. The van der Waals surface area contributed by atoms with Crippen LogP contribution in [0.4, 0.5) is 0 Å². The fraction of sp³-hybridized carbons (Fsp3) is 0.154. The molecule has 3 aromatic carbocycles. The van der Waals surface area contributed by atoms with Gasteiger partial charge in [-0.1, -0.05) is 60.7 Å². The van der Waals surface area contributed by atoms with E-state index in [1.807, 2.05) is 30.5 Å². The third kappa shape index (κ3) is 3.64. The fourth-order valence-electron chi connectivity index (χ4n) is 3.88. The highest BCUT2D eigenvalue weighted by Gasteiger charge is 2.25. The highest BCUT2D eigenvalue weighted by Crippen LogP contribution is 2.40. The van der Waals surface area contributed by atoms with Crippen molar-refractivity contribution in [3.05, 3.63) is 101 Å². The maximum atomic E-state index is 11.8. The minimum atomic E-state index is -0.901. The molecule has 142 valence electrons. The van der Waals surface area contributed by atoms with Crippen molar-refractivity contribution in [2.75, 3.05) is 0 Å². The molecular formula is C26H21NO2. The number of aromatic nitrogens is 1. The summed E-state index contributed by atoms with van der Waals surface area (Å²) in [6.07, 6.45) is 4.63. The largest absolute Gasteiger partial charge is 0.478 e. The van der Waals surface area contributed by atoms with Crippen molar-refractivity contribution in [1.29, 1.82) is 0 Å². The Morgan fingerprint density at radius 2 is 1.69 bits per heavy atom. The van der Waals surface area contributed by atoms with Crippen molar-refractivity contribution in [1.82, 2.24) is 4.98 Å². The second kappa shape index (κ2) is 7.17. The molecule has 0 spiro atoms. The Kier molecular flexibility index (Phi) is 4.36. The lowest BCUT2D eigenvalue weighted by Gasteiger charge is -2.10. The van der Waals surface area contributed by atoms with Gasteiger partial charge in [-0.25, -0.2) is 4.79 Å². The molecule has 0 atom stereocenters. The molecule has 3 heteroatoms. The van der Waals surface area contributed by atoms with Gasteiger partial charge < -0.3 is 5.11 Å². The van der Waals surface area contributed by atoms with Crippen molar-refractivity contribution < 1.29 is 9.90 Å². The van der Waals surface area contributed by atoms with Gasteiger partial charge in [0.15, 0.2) is 0 Å². The van der Waals surface area contributed by atoms with Crippen molar-refractivity contribution in [2.45, 2.75) is 25.2 Å². The van der Waals surface area contributed by atoms with Gasteiger partial charge in [-0.2, -0.15) is 0 Å². The van der Waals surface area contributed by atoms with Crippen LogP contribution in [0.25, 0.3) is 21.9 Å². The Balaban J connectivity index is 1.50. The minimum absolute atomic E-state index is 0.326. The summed E-state index contributed by atoms with van der Waals surface area (Å²) in [7, 11) is 0. The summed E-state index contributed by atoms with van der Waals surface area (Å²) >= 11 is 0. The number of carboxylic acid groups (broad SMARTS) is 1. The molecule has 0 bridgehead atoms. The molecule has 4 aromatic rings. The molecular weight excluding hydrogens is 358 g/mol. The number of carbonyl (C=O) groups is 1. The first-order chi connectivity index (χ1) is 14.2. The van der Waals surface area contributed by atoms with Crippen molar-refractivity contribution in [3.8, 4) is 11.1 Å². The number of hydrogen-bond donors (Lipinski definition) is 1. The van der Waals surface area contributed by atoms with Crippen molar-refractivity contribution >= 4 is 16.7 Å². The molecule has 1 heterocycles. The number of pyridine rings is 1. The zero-order valence-corrected chi connectivity index (χ0v) is 16.0. The van der Waals surface area contributed by atoms with Crippen LogP contribution >= 0.6 is 0 Å². The maximum Gasteiger partial charge on any atom is 0.337 e. The molecule has 1 saturated carbocycles. The molecule has 0 aliphatic heterocycles. The van der Waals surface area contributed by atoms with Gasteiger partial charge in [-0.15, -0.1) is 0 Å². The third-order valence-corrected chi connectivity index (χ3v) is 5.65. The number of nitrogens with zero attached hydrogens (tertiary/aromatic N) is 1. The number of hydrogen-bond acceptors (Lipinski definition) is 2. The van der Waals surface area contributed by atoms with Crippen LogP contribution in [-0.4, -0.2) is 16.1 Å². The SMILES string of the molecule is O=C(O)c1cc(C2CC2)cnc1Cc1ccc2ccc(-c3ccccc3)cc2c1. The van der Waals surface area contributed by atoms with E-state index in [4.69, 9.17) is 0 Å². The standard InChI is InChI=1S/C26H21NO2/c28-26(29)24-15-23(20-8-9-20)16-27-25(24)13-17-6-7-19-10-11-21(14-22(19)12-17)18-4-2-1-3-5-18/h1-7,10-12,14-16,20H,8-9,13H2,(H,28,29). The van der Waals surface area contributed by atoms with Crippen LogP contribution in [-0.2, 0) is 6.42 Å². The molecule has 1 aliphatic rings. The van der Waals surface area contributed by atoms with Gasteiger partial charge in [0.1, 0.15) is 0 Å². The normalized spacial score (nSPS) is 13.5. The van der Waals surface area contributed by atoms with E-state index in [9.17, 15) is 9.90 Å². The molecule has 0 amide bonds. The molecule has 0 radical (unpaired) electrons. The summed E-state index contributed by atoms with van der Waals surface area (Å²) in [6.45, 7) is 0. The number of benzene rings is 3. The van der Waals surface area contributed by atoms with Crippen LogP contribution in [0, 0.1) is 0 Å². The van der Waals surface area contributed by atoms with Crippen LogP contribution in [0.15, 0.2) is 79.0 Å². The molecule has 1 aliphatic carbocycles. The van der Waals surface area contributed by atoms with Crippen LogP contribution in [0.2, 0.25) is 0 Å². The van der Waals surface area contributed by atoms with E-state index in [0.29, 0.717) is 23.6 Å². The number of fused-ring (bicyclic) bond motifs is 1. The molecule has 0 saturated heterocycles. The second-order valence-corrected chi connectivity index (χ2v) is 7.78. The van der Waals surface area contributed by atoms with Crippen molar-refractivity contribution in [2.24, 2.45) is 0 Å². The monoisotopic (exact) mass is 379 g/mol. The first-order valence-electron chi connectivity index (χ1n) is 9.97. The predicted octanol–water partition coefficient (Wildman–Crippen LogP) is 6.07. The van der Waals surface area contributed by atoms with Gasteiger partial charge in [0.25, 0.3) is 0 Å². The van der Waals surface area contributed by atoms with E-state index in [2.05, 4.69) is 53.5 Å². The highest BCUT2D eigenvalue weighted by atomic mass is 16.4. The van der Waals surface area contributed by atoms with Gasteiger partial charge >= 0.3 is 5.97 Å². The lowest BCUT2D eigenvalue weighted by molar-refractivity contribution is 0.0695. The molecule has 3 nitrogen and oxygen atoms in total. The van der Waals surface area contributed by atoms with Gasteiger partial charge in [-0.05, 0) is 63.9 Å². The smallest absolute Gasteiger partial charge is 0.337 e. The van der Waals surface area contributed by atoms with E-state index >= 15 is 0 Å². The zero-order chi connectivity index (χ0) is 19.8. The molecule has 1 aromatic heterocycles. The summed E-state index contributed by atoms with van der Waals surface area (Å²) in [5.74, 6) is -0.408. The van der Waals surface area contributed by atoms with E-state index < -0.39 is 5.97 Å². The Labute approximate surface area is 169 Å². The topological polar surface area (TPSA) is 50.2 Å². The Morgan fingerprint density at radius 1 is 0.897 bits per heavy atom. The highest BCUT2D eigenvalue weighted by molar-refractivity contribution is 5.90. The fourth-order valence-corrected chi connectivity index (χ4v) is 3.88. The Morgan fingerprint density at radius 3 is 2.45 bits per heavy atom. The average Bonchev–Trinajstić information content (AvgIpc) is 3.59. The Hall–Kier alpha value is -3.46. The third-order valence-electron chi connectivity index (χ3n) is 5.65. The van der Waals surface area contributed by atoms with Crippen LogP contribution in [0.5, 0.6) is 0 Å². The second-order valence-electron chi connectivity index (χ2n) is 7.78. The van der Waals surface area contributed by atoms with Gasteiger partial charge in [0.2, 0.25) is 0 Å². The van der Waals surface area contributed by atoms with E-state index in [-0.39, 0.29) is 0 Å². The number of aromatic carboxylic acids is 1. The van der Waals surface area contributed by atoms with E-state index in [1.165, 1.54) is 16.5 Å². The molecule has 1 N–H and O–H groups in total. The lowest BCUT2D eigenvalue weighted by Crippen LogP contribution is -2.07. The summed E-state index contributed by atoms with van der Waals surface area (Å²) in [6, 6.07) is 24.9. The molecule has 29 heavy (non-hydrogen) atoms. The van der Waals surface area contributed by atoms with Crippen LogP contribution in [0.3, 0.4) is 0 Å². The number of rotatable bonds is 5. The van der Waals surface area contributed by atoms with Gasteiger partial charge in [-0.3, -0.25) is 4.98 Å². The summed E-state index contributed by atoms with van der Waals surface area (Å²) in [5, 5.41) is 12.0. The summed E-state index contributed by atoms with van der Waals surface area (Å²) in [5.41, 5.74) is 5.43. The first kappa shape index (κ1) is 17.6. The van der Waals surface area contributed by atoms with Crippen molar-refractivity contribution in [3.63, 3.8) is 0 Å². The van der Waals surface area contributed by atoms with E-state index in [1.54, 1.807) is 0 Å². The number of carboxylic acids is 1. The first-order valence-corrected chi connectivity index (χ1v) is 9.97.